The van der Waals surface area contributed by atoms with Gasteiger partial charge in [0.15, 0.2) is 0 Å². The summed E-state index contributed by atoms with van der Waals surface area (Å²) < 4.78 is 0. The molecule has 2 rings (SSSR count). The first-order chi connectivity index (χ1) is 6.18. The van der Waals surface area contributed by atoms with E-state index in [1.54, 1.807) is 11.3 Å². The summed E-state index contributed by atoms with van der Waals surface area (Å²) in [6.45, 7) is 5.57. The highest BCUT2D eigenvalue weighted by atomic mass is 35.5. The van der Waals surface area contributed by atoms with Crippen molar-refractivity contribution in [1.82, 2.24) is 4.90 Å². The van der Waals surface area contributed by atoms with E-state index < -0.39 is 0 Å². The minimum Gasteiger partial charge on any atom is -0.294 e. The fourth-order valence-electron chi connectivity index (χ4n) is 1.99. The van der Waals surface area contributed by atoms with Gasteiger partial charge in [-0.15, -0.1) is 0 Å². The molecule has 1 saturated heterocycles. The predicted octanol–water partition coefficient (Wildman–Crippen LogP) is 3.38. The van der Waals surface area contributed by atoms with E-state index in [2.05, 4.69) is 24.1 Å². The molecular formula is C10H14ClNS. The molecule has 1 aromatic rings. The van der Waals surface area contributed by atoms with Crippen molar-refractivity contribution in [3.8, 4) is 0 Å². The van der Waals surface area contributed by atoms with Crippen LogP contribution in [0.2, 0.25) is 5.02 Å². The standard InChI is InChI=1S/C10H14ClNS/c1-7-3-8(2)12(7)4-9-5-13-6-10(9)11/h5-8H,3-4H2,1-2H3. The number of likely N-dealkylation sites (tertiary alicyclic amines) is 1. The molecule has 1 aliphatic heterocycles. The van der Waals surface area contributed by atoms with E-state index in [1.807, 2.05) is 5.38 Å². The molecule has 0 aliphatic carbocycles. The van der Waals surface area contributed by atoms with Gasteiger partial charge in [-0.25, -0.2) is 0 Å². The molecule has 0 N–H and O–H groups in total. The molecule has 3 heteroatoms. The van der Waals surface area contributed by atoms with Gasteiger partial charge in [-0.05, 0) is 31.2 Å². The van der Waals surface area contributed by atoms with Crippen LogP contribution in [-0.4, -0.2) is 17.0 Å². The van der Waals surface area contributed by atoms with Gasteiger partial charge >= 0.3 is 0 Å². The number of hydrogen-bond donors (Lipinski definition) is 0. The summed E-state index contributed by atoms with van der Waals surface area (Å²) >= 11 is 7.73. The fraction of sp³-hybridized carbons (Fsp3) is 0.600. The number of rotatable bonds is 2. The van der Waals surface area contributed by atoms with Gasteiger partial charge in [0.1, 0.15) is 0 Å². The summed E-state index contributed by atoms with van der Waals surface area (Å²) in [5, 5.41) is 5.09. The molecular weight excluding hydrogens is 202 g/mol. The van der Waals surface area contributed by atoms with Crippen LogP contribution in [0.5, 0.6) is 0 Å². The van der Waals surface area contributed by atoms with Gasteiger partial charge in [-0.2, -0.15) is 11.3 Å². The van der Waals surface area contributed by atoms with Crippen LogP contribution in [0.25, 0.3) is 0 Å². The Labute approximate surface area is 88.3 Å². The maximum atomic E-state index is 6.04. The highest BCUT2D eigenvalue weighted by Crippen LogP contribution is 2.30. The molecule has 13 heavy (non-hydrogen) atoms. The Bertz CT molecular complexity index is 289. The topological polar surface area (TPSA) is 3.24 Å². The molecule has 1 aliphatic rings. The lowest BCUT2D eigenvalue weighted by molar-refractivity contribution is 0.0297. The Morgan fingerprint density at radius 1 is 1.46 bits per heavy atom. The second-order valence-electron chi connectivity index (χ2n) is 3.85. The zero-order chi connectivity index (χ0) is 9.42. The van der Waals surface area contributed by atoms with E-state index in [0.29, 0.717) is 0 Å². The van der Waals surface area contributed by atoms with E-state index in [-0.39, 0.29) is 0 Å². The third-order valence-corrected chi connectivity index (χ3v) is 4.13. The monoisotopic (exact) mass is 215 g/mol. The van der Waals surface area contributed by atoms with Crippen molar-refractivity contribution in [2.45, 2.75) is 38.9 Å². The van der Waals surface area contributed by atoms with E-state index in [0.717, 1.165) is 23.7 Å². The van der Waals surface area contributed by atoms with Crippen molar-refractivity contribution in [2.24, 2.45) is 0 Å². The second-order valence-corrected chi connectivity index (χ2v) is 5.00. The number of nitrogens with zero attached hydrogens (tertiary/aromatic N) is 1. The molecule has 2 heterocycles. The van der Waals surface area contributed by atoms with Crippen LogP contribution in [0, 0.1) is 0 Å². The molecule has 1 fully saturated rings. The highest BCUT2D eigenvalue weighted by Gasteiger charge is 2.31. The van der Waals surface area contributed by atoms with Crippen LogP contribution in [0.4, 0.5) is 0 Å². The van der Waals surface area contributed by atoms with Gasteiger partial charge in [-0.1, -0.05) is 11.6 Å². The average Bonchev–Trinajstić information content (AvgIpc) is 2.48. The lowest BCUT2D eigenvalue weighted by Gasteiger charge is -2.45. The van der Waals surface area contributed by atoms with Gasteiger partial charge in [0, 0.05) is 24.0 Å². The summed E-state index contributed by atoms with van der Waals surface area (Å²) in [6.07, 6.45) is 1.32. The van der Waals surface area contributed by atoms with E-state index in [9.17, 15) is 0 Å². The quantitative estimate of drug-likeness (QED) is 0.731. The molecule has 1 nitrogen and oxygen atoms in total. The van der Waals surface area contributed by atoms with Gasteiger partial charge in [0.05, 0.1) is 5.02 Å². The zero-order valence-electron chi connectivity index (χ0n) is 7.96. The van der Waals surface area contributed by atoms with Crippen molar-refractivity contribution in [2.75, 3.05) is 0 Å². The molecule has 1 aromatic heterocycles. The van der Waals surface area contributed by atoms with Crippen molar-refractivity contribution in [1.29, 1.82) is 0 Å². The molecule has 0 bridgehead atoms. The molecule has 0 amide bonds. The Morgan fingerprint density at radius 3 is 2.62 bits per heavy atom. The summed E-state index contributed by atoms with van der Waals surface area (Å²) in [5.74, 6) is 0. The number of thiophene rings is 1. The van der Waals surface area contributed by atoms with Gasteiger partial charge in [0.2, 0.25) is 0 Å². The van der Waals surface area contributed by atoms with Crippen LogP contribution in [0.1, 0.15) is 25.8 Å². The first-order valence-electron chi connectivity index (χ1n) is 4.65. The van der Waals surface area contributed by atoms with Crippen LogP contribution in [0.3, 0.4) is 0 Å². The number of hydrogen-bond acceptors (Lipinski definition) is 2. The average molecular weight is 216 g/mol. The van der Waals surface area contributed by atoms with Gasteiger partial charge in [-0.3, -0.25) is 4.90 Å². The molecule has 72 valence electrons. The normalized spacial score (nSPS) is 28.8. The van der Waals surface area contributed by atoms with Crippen LogP contribution in [-0.2, 0) is 6.54 Å². The van der Waals surface area contributed by atoms with Crippen LogP contribution >= 0.6 is 22.9 Å². The minimum absolute atomic E-state index is 0.728. The summed E-state index contributed by atoms with van der Waals surface area (Å²) in [6, 6.07) is 1.46. The Kier molecular flexibility index (Phi) is 2.63. The maximum absolute atomic E-state index is 6.04. The molecule has 0 radical (unpaired) electrons. The van der Waals surface area contributed by atoms with E-state index >= 15 is 0 Å². The minimum atomic E-state index is 0.728. The van der Waals surface area contributed by atoms with Crippen LogP contribution < -0.4 is 0 Å². The van der Waals surface area contributed by atoms with Crippen LogP contribution in [0.15, 0.2) is 10.8 Å². The predicted molar refractivity (Wildman–Crippen MR) is 58.4 cm³/mol. The third-order valence-electron chi connectivity index (χ3n) is 2.86. The summed E-state index contributed by atoms with van der Waals surface area (Å²) in [4.78, 5) is 2.49. The molecule has 0 saturated carbocycles. The molecule has 0 aromatic carbocycles. The Balaban J connectivity index is 2.02. The molecule has 0 spiro atoms. The lowest BCUT2D eigenvalue weighted by Crippen LogP contribution is -2.51. The van der Waals surface area contributed by atoms with Crippen molar-refractivity contribution < 1.29 is 0 Å². The third kappa shape index (κ3) is 1.76. The Hall–Kier alpha value is -0.0500. The van der Waals surface area contributed by atoms with Crippen molar-refractivity contribution in [3.05, 3.63) is 21.3 Å². The zero-order valence-corrected chi connectivity index (χ0v) is 9.53. The first-order valence-corrected chi connectivity index (χ1v) is 5.97. The largest absolute Gasteiger partial charge is 0.294 e. The Morgan fingerprint density at radius 2 is 2.15 bits per heavy atom. The maximum Gasteiger partial charge on any atom is 0.0557 e. The van der Waals surface area contributed by atoms with E-state index in [1.165, 1.54) is 12.0 Å². The van der Waals surface area contributed by atoms with Gasteiger partial charge < -0.3 is 0 Å². The smallest absolute Gasteiger partial charge is 0.0557 e. The van der Waals surface area contributed by atoms with E-state index in [4.69, 9.17) is 11.6 Å². The molecule has 2 unspecified atom stereocenters. The lowest BCUT2D eigenvalue weighted by atomic mass is 9.95. The van der Waals surface area contributed by atoms with Crippen molar-refractivity contribution >= 4 is 22.9 Å². The second kappa shape index (κ2) is 3.60. The molecule has 2 atom stereocenters. The summed E-state index contributed by atoms with van der Waals surface area (Å²) in [5.41, 5.74) is 1.28. The fourth-order valence-corrected chi connectivity index (χ4v) is 3.03. The first kappa shape index (κ1) is 9.50. The van der Waals surface area contributed by atoms with Crippen molar-refractivity contribution in [3.63, 3.8) is 0 Å². The summed E-state index contributed by atoms with van der Waals surface area (Å²) in [7, 11) is 0. The van der Waals surface area contributed by atoms with Gasteiger partial charge in [0.25, 0.3) is 0 Å². The SMILES string of the molecule is CC1CC(C)N1Cc1cscc1Cl. The number of halogens is 1. The highest BCUT2D eigenvalue weighted by molar-refractivity contribution is 7.08.